The SMILES string of the molecule is CNC(CN)c1c(C)nn(C)c1OC. The molecule has 1 heterocycles. The van der Waals surface area contributed by atoms with Crippen molar-refractivity contribution in [2.75, 3.05) is 20.7 Å². The van der Waals surface area contributed by atoms with Gasteiger partial charge in [0, 0.05) is 13.6 Å². The Morgan fingerprint density at radius 3 is 2.71 bits per heavy atom. The van der Waals surface area contributed by atoms with E-state index in [-0.39, 0.29) is 6.04 Å². The minimum absolute atomic E-state index is 0.0960. The number of nitrogens with two attached hydrogens (primary N) is 1. The van der Waals surface area contributed by atoms with E-state index in [0.717, 1.165) is 17.1 Å². The van der Waals surface area contributed by atoms with Gasteiger partial charge in [-0.1, -0.05) is 0 Å². The maximum Gasteiger partial charge on any atom is 0.216 e. The molecule has 0 saturated heterocycles. The zero-order valence-electron chi connectivity index (χ0n) is 9.16. The maximum absolute atomic E-state index is 5.66. The van der Waals surface area contributed by atoms with E-state index >= 15 is 0 Å². The van der Waals surface area contributed by atoms with E-state index in [1.165, 1.54) is 0 Å². The first-order valence-corrected chi connectivity index (χ1v) is 4.60. The van der Waals surface area contributed by atoms with Gasteiger partial charge in [0.05, 0.1) is 24.4 Å². The molecule has 0 aliphatic carbocycles. The van der Waals surface area contributed by atoms with Gasteiger partial charge in [-0.25, -0.2) is 4.68 Å². The average molecular weight is 198 g/mol. The number of aryl methyl sites for hydroxylation is 2. The minimum atomic E-state index is 0.0960. The first-order valence-electron chi connectivity index (χ1n) is 4.60. The molecule has 0 aliphatic rings. The van der Waals surface area contributed by atoms with E-state index in [9.17, 15) is 0 Å². The average Bonchev–Trinajstić information content (AvgIpc) is 2.44. The van der Waals surface area contributed by atoms with Crippen molar-refractivity contribution in [3.63, 3.8) is 0 Å². The number of hydrogen-bond donors (Lipinski definition) is 2. The molecule has 5 nitrogen and oxygen atoms in total. The molecule has 5 heteroatoms. The molecule has 0 spiro atoms. The third-order valence-corrected chi connectivity index (χ3v) is 2.34. The van der Waals surface area contributed by atoms with Gasteiger partial charge >= 0.3 is 0 Å². The predicted octanol–water partition coefficient (Wildman–Crippen LogP) is -0.0437. The Bertz CT molecular complexity index is 304. The lowest BCUT2D eigenvalue weighted by Gasteiger charge is -2.14. The van der Waals surface area contributed by atoms with Crippen LogP contribution in [0.15, 0.2) is 0 Å². The number of nitrogens with zero attached hydrogens (tertiary/aromatic N) is 2. The first-order chi connectivity index (χ1) is 6.65. The van der Waals surface area contributed by atoms with Gasteiger partial charge in [-0.05, 0) is 14.0 Å². The van der Waals surface area contributed by atoms with E-state index in [4.69, 9.17) is 10.5 Å². The van der Waals surface area contributed by atoms with Crippen LogP contribution in [-0.2, 0) is 7.05 Å². The smallest absolute Gasteiger partial charge is 0.216 e. The monoisotopic (exact) mass is 198 g/mol. The van der Waals surface area contributed by atoms with Crippen LogP contribution in [0.2, 0.25) is 0 Å². The van der Waals surface area contributed by atoms with Crippen molar-refractivity contribution in [2.24, 2.45) is 12.8 Å². The van der Waals surface area contributed by atoms with Crippen LogP contribution in [0.3, 0.4) is 0 Å². The largest absolute Gasteiger partial charge is 0.481 e. The maximum atomic E-state index is 5.66. The molecule has 0 aromatic carbocycles. The second kappa shape index (κ2) is 4.43. The second-order valence-corrected chi connectivity index (χ2v) is 3.21. The lowest BCUT2D eigenvalue weighted by Crippen LogP contribution is -2.25. The van der Waals surface area contributed by atoms with Crippen LogP contribution in [0.4, 0.5) is 0 Å². The highest BCUT2D eigenvalue weighted by Gasteiger charge is 2.20. The number of hydrogen-bond acceptors (Lipinski definition) is 4. The summed E-state index contributed by atoms with van der Waals surface area (Å²) in [7, 11) is 5.38. The van der Waals surface area contributed by atoms with Crippen LogP contribution in [-0.4, -0.2) is 30.5 Å². The molecular weight excluding hydrogens is 180 g/mol. The zero-order valence-corrected chi connectivity index (χ0v) is 9.16. The number of likely N-dealkylation sites (N-methyl/N-ethyl adjacent to an activating group) is 1. The number of ether oxygens (including phenoxy) is 1. The number of nitrogens with one attached hydrogen (secondary N) is 1. The van der Waals surface area contributed by atoms with Gasteiger partial charge in [0.1, 0.15) is 0 Å². The molecule has 0 radical (unpaired) electrons. The van der Waals surface area contributed by atoms with Crippen LogP contribution in [0.5, 0.6) is 5.88 Å². The van der Waals surface area contributed by atoms with Crippen LogP contribution in [0, 0.1) is 6.92 Å². The quantitative estimate of drug-likeness (QED) is 0.712. The first kappa shape index (κ1) is 11.0. The molecule has 1 atom stereocenters. The van der Waals surface area contributed by atoms with Gasteiger partial charge in [0.2, 0.25) is 5.88 Å². The van der Waals surface area contributed by atoms with Gasteiger partial charge in [0.15, 0.2) is 0 Å². The van der Waals surface area contributed by atoms with Crippen LogP contribution >= 0.6 is 0 Å². The highest BCUT2D eigenvalue weighted by Crippen LogP contribution is 2.26. The lowest BCUT2D eigenvalue weighted by atomic mass is 10.1. The Hall–Kier alpha value is -1.07. The molecule has 3 N–H and O–H groups in total. The van der Waals surface area contributed by atoms with Gasteiger partial charge in [-0.15, -0.1) is 0 Å². The summed E-state index contributed by atoms with van der Waals surface area (Å²) in [5, 5.41) is 7.43. The Labute approximate surface area is 84.2 Å². The van der Waals surface area contributed by atoms with Gasteiger partial charge in [-0.3, -0.25) is 0 Å². The number of aromatic nitrogens is 2. The number of methoxy groups -OCH3 is 1. The van der Waals surface area contributed by atoms with E-state index in [1.807, 2.05) is 21.0 Å². The summed E-state index contributed by atoms with van der Waals surface area (Å²) in [6.07, 6.45) is 0. The predicted molar refractivity (Wildman–Crippen MR) is 55.4 cm³/mol. The second-order valence-electron chi connectivity index (χ2n) is 3.21. The molecule has 0 amide bonds. The molecule has 0 aliphatic heterocycles. The summed E-state index contributed by atoms with van der Waals surface area (Å²) in [4.78, 5) is 0. The van der Waals surface area contributed by atoms with Crippen molar-refractivity contribution in [3.8, 4) is 5.88 Å². The fraction of sp³-hybridized carbons (Fsp3) is 0.667. The van der Waals surface area contributed by atoms with E-state index < -0.39 is 0 Å². The molecule has 0 bridgehead atoms. The van der Waals surface area contributed by atoms with Crippen molar-refractivity contribution in [1.29, 1.82) is 0 Å². The summed E-state index contributed by atoms with van der Waals surface area (Å²) in [6.45, 7) is 2.48. The fourth-order valence-electron chi connectivity index (χ4n) is 1.68. The van der Waals surface area contributed by atoms with E-state index in [2.05, 4.69) is 10.4 Å². The Morgan fingerprint density at radius 2 is 2.29 bits per heavy atom. The third kappa shape index (κ3) is 1.73. The Balaban J connectivity index is 3.16. The van der Waals surface area contributed by atoms with E-state index in [1.54, 1.807) is 11.8 Å². The van der Waals surface area contributed by atoms with Gasteiger partial charge in [-0.2, -0.15) is 5.10 Å². The summed E-state index contributed by atoms with van der Waals surface area (Å²) in [5.41, 5.74) is 7.66. The van der Waals surface area contributed by atoms with Crippen molar-refractivity contribution in [3.05, 3.63) is 11.3 Å². The van der Waals surface area contributed by atoms with Gasteiger partial charge < -0.3 is 15.8 Å². The van der Waals surface area contributed by atoms with Crippen LogP contribution in [0.1, 0.15) is 17.3 Å². The molecule has 0 saturated carbocycles. The highest BCUT2D eigenvalue weighted by atomic mass is 16.5. The molecule has 80 valence electrons. The standard InChI is InChI=1S/C9H18N4O/c1-6-8(7(5-10)11-2)9(14-4)13(3)12-6/h7,11H,5,10H2,1-4H3. The Kier molecular flexibility index (Phi) is 3.49. The van der Waals surface area contributed by atoms with Crippen molar-refractivity contribution in [1.82, 2.24) is 15.1 Å². The molecule has 1 aromatic rings. The lowest BCUT2D eigenvalue weighted by molar-refractivity contribution is 0.364. The third-order valence-electron chi connectivity index (χ3n) is 2.34. The fourth-order valence-corrected chi connectivity index (χ4v) is 1.68. The van der Waals surface area contributed by atoms with Gasteiger partial charge in [0.25, 0.3) is 0 Å². The normalized spacial score (nSPS) is 12.9. The summed E-state index contributed by atoms with van der Waals surface area (Å²) >= 11 is 0. The topological polar surface area (TPSA) is 65.1 Å². The van der Waals surface area contributed by atoms with Crippen molar-refractivity contribution >= 4 is 0 Å². The van der Waals surface area contributed by atoms with Crippen LogP contribution < -0.4 is 15.8 Å². The number of rotatable bonds is 4. The highest BCUT2D eigenvalue weighted by molar-refractivity contribution is 5.34. The molecule has 1 aromatic heterocycles. The summed E-state index contributed by atoms with van der Waals surface area (Å²) in [6, 6.07) is 0.0960. The minimum Gasteiger partial charge on any atom is -0.481 e. The molecule has 0 fully saturated rings. The summed E-state index contributed by atoms with van der Waals surface area (Å²) < 4.78 is 7.01. The summed E-state index contributed by atoms with van der Waals surface area (Å²) in [5.74, 6) is 0.771. The molecular formula is C9H18N4O. The zero-order chi connectivity index (χ0) is 10.7. The van der Waals surface area contributed by atoms with Crippen LogP contribution in [0.25, 0.3) is 0 Å². The van der Waals surface area contributed by atoms with Crippen molar-refractivity contribution < 1.29 is 4.74 Å². The van der Waals surface area contributed by atoms with E-state index in [0.29, 0.717) is 6.54 Å². The molecule has 14 heavy (non-hydrogen) atoms. The molecule has 1 unspecified atom stereocenters. The molecule has 1 rings (SSSR count). The van der Waals surface area contributed by atoms with Crippen molar-refractivity contribution in [2.45, 2.75) is 13.0 Å². The Morgan fingerprint density at radius 1 is 1.64 bits per heavy atom.